The average Bonchev–Trinajstić information content (AvgIpc) is 3.27. The third-order valence-electron chi connectivity index (χ3n) is 4.03. The first-order valence-corrected chi connectivity index (χ1v) is 9.73. The number of nitrogens with two attached hydrogens (primary N) is 3. The van der Waals surface area contributed by atoms with Crippen LogP contribution in [0.4, 0.5) is 0 Å². The Morgan fingerprint density at radius 2 is 2.00 bits per heavy atom. The Balaban J connectivity index is 0.000000295. The molecule has 12 nitrogen and oxygen atoms in total. The second-order valence-electron chi connectivity index (χ2n) is 6.21. The van der Waals surface area contributed by atoms with E-state index in [0.29, 0.717) is 43.9 Å². The quantitative estimate of drug-likeness (QED) is 0.148. The average molecular weight is 418 g/mol. The van der Waals surface area contributed by atoms with Crippen LogP contribution in [0.25, 0.3) is 0 Å². The molecule has 9 N–H and O–H groups in total. The second kappa shape index (κ2) is 11.3. The van der Waals surface area contributed by atoms with Gasteiger partial charge in [-0.2, -0.15) is 0 Å². The molecule has 0 unspecified atom stereocenters. The van der Waals surface area contributed by atoms with E-state index in [1.165, 1.54) is 16.7 Å². The summed E-state index contributed by atoms with van der Waals surface area (Å²) >= 11 is 1.42. The van der Waals surface area contributed by atoms with Crippen LogP contribution >= 0.6 is 11.8 Å². The lowest BCUT2D eigenvalue weighted by Crippen LogP contribution is -2.49. The largest absolute Gasteiger partial charge is 0.480 e. The fraction of sp³-hybridized carbons (Fsp3) is 0.667. The number of rotatable bonds is 7. The number of nitrogens with zero attached hydrogens (tertiary/aromatic N) is 2. The highest BCUT2D eigenvalue weighted by Gasteiger charge is 2.39. The molecule has 2 amide bonds. The number of carbonyl (C=O) groups is 4. The normalized spacial score (nSPS) is 21.9. The lowest BCUT2D eigenvalue weighted by Gasteiger charge is -2.23. The number of carboxylic acid groups (broad SMARTS) is 2. The zero-order valence-electron chi connectivity index (χ0n) is 15.2. The van der Waals surface area contributed by atoms with Gasteiger partial charge >= 0.3 is 11.9 Å². The molecule has 0 aromatic rings. The number of carboxylic acids is 2. The standard InChI is InChI=1S/C9H12N2O4S.C6H14N4O2/c12-7-2-1-5(10-7)8(13)11-4-16-3-6(11)9(14)15;7-4(5(11)12)2-1-3-10-6(8)9/h5-6H,1-4H2,(H,10,12)(H,14,15);4H,1-3,7H2,(H,11,12)(H4,8,9,10)/t5-,6-;4-/m00/s1. The number of thioether (sulfide) groups is 1. The summed E-state index contributed by atoms with van der Waals surface area (Å²) in [5.41, 5.74) is 15.3. The highest BCUT2D eigenvalue weighted by atomic mass is 32.2. The van der Waals surface area contributed by atoms with Crippen molar-refractivity contribution < 1.29 is 29.4 Å². The predicted molar refractivity (Wildman–Crippen MR) is 102 cm³/mol. The van der Waals surface area contributed by atoms with Crippen molar-refractivity contribution in [2.75, 3.05) is 18.2 Å². The molecule has 158 valence electrons. The van der Waals surface area contributed by atoms with Crippen molar-refractivity contribution in [3.05, 3.63) is 0 Å². The molecule has 0 aromatic heterocycles. The third kappa shape index (κ3) is 7.60. The van der Waals surface area contributed by atoms with E-state index in [0.717, 1.165) is 0 Å². The van der Waals surface area contributed by atoms with Gasteiger partial charge in [0.05, 0.1) is 5.88 Å². The summed E-state index contributed by atoms with van der Waals surface area (Å²) in [5.74, 6) is -1.58. The van der Waals surface area contributed by atoms with Crippen LogP contribution < -0.4 is 22.5 Å². The van der Waals surface area contributed by atoms with Gasteiger partial charge in [-0.25, -0.2) is 4.79 Å². The summed E-state index contributed by atoms with van der Waals surface area (Å²) in [6, 6.07) is -2.11. The number of nitrogens with one attached hydrogen (secondary N) is 1. The number of guanidine groups is 1. The van der Waals surface area contributed by atoms with E-state index in [1.54, 1.807) is 0 Å². The van der Waals surface area contributed by atoms with Gasteiger partial charge in [0.2, 0.25) is 11.8 Å². The monoisotopic (exact) mass is 418 g/mol. The van der Waals surface area contributed by atoms with E-state index in [4.69, 9.17) is 27.4 Å². The molecule has 2 heterocycles. The topological polar surface area (TPSA) is 214 Å². The van der Waals surface area contributed by atoms with E-state index in [-0.39, 0.29) is 17.8 Å². The van der Waals surface area contributed by atoms with Gasteiger partial charge in [-0.1, -0.05) is 0 Å². The molecule has 2 fully saturated rings. The van der Waals surface area contributed by atoms with Gasteiger partial charge in [-0.05, 0) is 19.3 Å². The summed E-state index contributed by atoms with van der Waals surface area (Å²) in [4.78, 5) is 49.1. The molecule has 2 saturated heterocycles. The van der Waals surface area contributed by atoms with E-state index >= 15 is 0 Å². The van der Waals surface area contributed by atoms with Crippen LogP contribution in [-0.4, -0.2) is 81.1 Å². The summed E-state index contributed by atoms with van der Waals surface area (Å²) in [5, 5.41) is 19.9. The number of hydrogen-bond donors (Lipinski definition) is 6. The van der Waals surface area contributed by atoms with Crippen molar-refractivity contribution in [2.24, 2.45) is 22.2 Å². The van der Waals surface area contributed by atoms with Crippen molar-refractivity contribution in [3.63, 3.8) is 0 Å². The number of aliphatic imine (C=N–C) groups is 1. The smallest absolute Gasteiger partial charge is 0.327 e. The number of carbonyl (C=O) groups excluding carboxylic acids is 2. The zero-order chi connectivity index (χ0) is 21.3. The SMILES string of the molecule is NC(N)=NCCC[C@H](N)C(=O)O.O=C1CC[C@@H](C(=O)N2CSC[C@H]2C(=O)O)N1. The van der Waals surface area contributed by atoms with E-state index in [9.17, 15) is 19.2 Å². The van der Waals surface area contributed by atoms with Crippen LogP contribution in [0.15, 0.2) is 4.99 Å². The number of hydrogen-bond acceptors (Lipinski definition) is 7. The minimum Gasteiger partial charge on any atom is -0.480 e. The molecule has 0 bridgehead atoms. The van der Waals surface area contributed by atoms with E-state index in [1.807, 2.05) is 0 Å². The Labute approximate surface area is 165 Å². The molecule has 2 aliphatic heterocycles. The molecule has 2 rings (SSSR count). The summed E-state index contributed by atoms with van der Waals surface area (Å²) in [6.45, 7) is 0.420. The van der Waals surface area contributed by atoms with Crippen LogP contribution in [0.5, 0.6) is 0 Å². The van der Waals surface area contributed by atoms with Gasteiger partial charge in [-0.3, -0.25) is 19.4 Å². The fourth-order valence-electron chi connectivity index (χ4n) is 2.51. The van der Waals surface area contributed by atoms with Crippen LogP contribution in [0, 0.1) is 0 Å². The van der Waals surface area contributed by atoms with Crippen LogP contribution in [0.2, 0.25) is 0 Å². The molecule has 28 heavy (non-hydrogen) atoms. The first kappa shape index (κ1) is 23.5. The molecule has 13 heteroatoms. The molecule has 3 atom stereocenters. The van der Waals surface area contributed by atoms with Gasteiger partial charge < -0.3 is 37.6 Å². The fourth-order valence-corrected chi connectivity index (χ4v) is 3.66. The Kier molecular flexibility index (Phi) is 9.51. The number of amides is 2. The summed E-state index contributed by atoms with van der Waals surface area (Å²) < 4.78 is 0. The lowest BCUT2D eigenvalue weighted by atomic mass is 10.2. The molecule has 0 saturated carbocycles. The van der Waals surface area contributed by atoms with Gasteiger partial charge in [0, 0.05) is 18.7 Å². The van der Waals surface area contributed by atoms with Crippen LogP contribution in [0.3, 0.4) is 0 Å². The maximum Gasteiger partial charge on any atom is 0.327 e. The molecule has 0 radical (unpaired) electrons. The highest BCUT2D eigenvalue weighted by molar-refractivity contribution is 7.99. The van der Waals surface area contributed by atoms with Crippen molar-refractivity contribution in [3.8, 4) is 0 Å². The minimum atomic E-state index is -1.00. The van der Waals surface area contributed by atoms with Crippen molar-refractivity contribution in [2.45, 2.75) is 43.8 Å². The second-order valence-corrected chi connectivity index (χ2v) is 7.21. The molecular formula is C15H26N6O6S. The molecule has 0 aliphatic carbocycles. The van der Waals surface area contributed by atoms with Crippen molar-refractivity contribution in [1.29, 1.82) is 0 Å². The van der Waals surface area contributed by atoms with Gasteiger partial charge in [0.1, 0.15) is 18.1 Å². The maximum absolute atomic E-state index is 11.9. The first-order valence-electron chi connectivity index (χ1n) is 8.57. The zero-order valence-corrected chi connectivity index (χ0v) is 16.1. The summed E-state index contributed by atoms with van der Waals surface area (Å²) in [6.07, 6.45) is 1.76. The highest BCUT2D eigenvalue weighted by Crippen LogP contribution is 2.23. The Bertz CT molecular complexity index is 626. The third-order valence-corrected chi connectivity index (χ3v) is 5.04. The number of aliphatic carboxylic acids is 2. The maximum atomic E-state index is 11.9. The van der Waals surface area contributed by atoms with Gasteiger partial charge in [-0.15, -0.1) is 11.8 Å². The van der Waals surface area contributed by atoms with Crippen molar-refractivity contribution >= 4 is 41.5 Å². The van der Waals surface area contributed by atoms with E-state index in [2.05, 4.69) is 10.3 Å². The molecular weight excluding hydrogens is 392 g/mol. The Morgan fingerprint density at radius 3 is 2.50 bits per heavy atom. The Hall–Kier alpha value is -2.54. The Morgan fingerprint density at radius 1 is 1.32 bits per heavy atom. The first-order chi connectivity index (χ1) is 13.1. The van der Waals surface area contributed by atoms with Crippen molar-refractivity contribution in [1.82, 2.24) is 10.2 Å². The van der Waals surface area contributed by atoms with Gasteiger partial charge in [0.25, 0.3) is 0 Å². The molecule has 0 aromatic carbocycles. The minimum absolute atomic E-state index is 0.0129. The van der Waals surface area contributed by atoms with E-state index < -0.39 is 30.1 Å². The predicted octanol–water partition coefficient (Wildman–Crippen LogP) is -2.30. The van der Waals surface area contributed by atoms with Gasteiger partial charge in [0.15, 0.2) is 5.96 Å². The summed E-state index contributed by atoms with van der Waals surface area (Å²) in [7, 11) is 0. The molecule has 2 aliphatic rings. The van der Waals surface area contributed by atoms with Crippen LogP contribution in [0.1, 0.15) is 25.7 Å². The molecule has 0 spiro atoms. The van der Waals surface area contributed by atoms with Crippen LogP contribution in [-0.2, 0) is 19.2 Å². The lowest BCUT2D eigenvalue weighted by molar-refractivity contribution is -0.148.